The highest BCUT2D eigenvalue weighted by molar-refractivity contribution is 7.86. The van der Waals surface area contributed by atoms with E-state index in [1.165, 1.54) is 24.3 Å². The van der Waals surface area contributed by atoms with E-state index in [2.05, 4.69) is 5.32 Å². The van der Waals surface area contributed by atoms with Gasteiger partial charge < -0.3 is 14.2 Å². The first-order valence-electron chi connectivity index (χ1n) is 7.24. The highest BCUT2D eigenvalue weighted by atomic mass is 32.2. The summed E-state index contributed by atoms with van der Waals surface area (Å²) in [5.74, 6) is 0.876. The number of methoxy groups -OCH3 is 1. The van der Waals surface area contributed by atoms with E-state index in [1.54, 1.807) is 7.11 Å². The van der Waals surface area contributed by atoms with Crippen LogP contribution in [0.4, 0.5) is 0 Å². The van der Waals surface area contributed by atoms with Gasteiger partial charge in [-0.2, -0.15) is 8.42 Å². The molecule has 0 fully saturated rings. The van der Waals surface area contributed by atoms with E-state index in [1.807, 2.05) is 24.3 Å². The summed E-state index contributed by atoms with van der Waals surface area (Å²) in [7, 11) is -1.96. The van der Waals surface area contributed by atoms with E-state index in [4.69, 9.17) is 8.92 Å². The van der Waals surface area contributed by atoms with E-state index >= 15 is 0 Å². The van der Waals surface area contributed by atoms with Gasteiger partial charge in [-0.05, 0) is 42.0 Å². The number of hydrogen-bond acceptors (Lipinski definition) is 6. The van der Waals surface area contributed by atoms with E-state index in [0.717, 1.165) is 17.6 Å². The van der Waals surface area contributed by atoms with Crippen LogP contribution in [-0.4, -0.2) is 34.1 Å². The molecule has 0 atom stereocenters. The third kappa shape index (κ3) is 5.68. The molecule has 1 N–H and O–H groups in total. The van der Waals surface area contributed by atoms with Crippen LogP contribution in [-0.2, 0) is 16.7 Å². The normalized spacial score (nSPS) is 11.1. The smallest absolute Gasteiger partial charge is 0.306 e. The van der Waals surface area contributed by atoms with Crippen LogP contribution < -0.4 is 14.2 Å². The molecule has 24 heavy (non-hydrogen) atoms. The lowest BCUT2D eigenvalue weighted by Gasteiger charge is -2.07. The van der Waals surface area contributed by atoms with Gasteiger partial charge in [-0.25, -0.2) is 0 Å². The zero-order chi connectivity index (χ0) is 17.6. The first kappa shape index (κ1) is 18.0. The van der Waals surface area contributed by atoms with E-state index in [9.17, 15) is 13.2 Å². The van der Waals surface area contributed by atoms with Crippen LogP contribution >= 0.6 is 0 Å². The second kappa shape index (κ2) is 7.94. The number of nitrogens with one attached hydrogen (secondary N) is 1. The Morgan fingerprint density at radius 3 is 2.12 bits per heavy atom. The molecule has 2 aromatic rings. The number of carbonyl (C=O) groups excluding carboxylic acids is 1. The highest BCUT2D eigenvalue weighted by Crippen LogP contribution is 2.14. The van der Waals surface area contributed by atoms with E-state index < -0.39 is 10.1 Å². The van der Waals surface area contributed by atoms with Gasteiger partial charge in [0.1, 0.15) is 11.5 Å². The first-order valence-corrected chi connectivity index (χ1v) is 9.05. The Labute approximate surface area is 141 Å². The first-order chi connectivity index (χ1) is 11.4. The number of rotatable bonds is 8. The van der Waals surface area contributed by atoms with Crippen molar-refractivity contribution < 1.29 is 22.1 Å². The van der Waals surface area contributed by atoms with Crippen LogP contribution in [0.1, 0.15) is 15.9 Å². The Hall–Kier alpha value is -2.38. The van der Waals surface area contributed by atoms with Crippen LogP contribution in [0.5, 0.6) is 11.5 Å². The Balaban J connectivity index is 1.85. The minimum atomic E-state index is -3.57. The average Bonchev–Trinajstić information content (AvgIpc) is 2.54. The molecule has 0 amide bonds. The molecule has 0 saturated heterocycles. The van der Waals surface area contributed by atoms with E-state index in [-0.39, 0.29) is 18.1 Å². The minimum Gasteiger partial charge on any atom is -0.497 e. The van der Waals surface area contributed by atoms with Gasteiger partial charge in [-0.3, -0.25) is 4.79 Å². The van der Waals surface area contributed by atoms with Crippen molar-refractivity contribution in [3.8, 4) is 11.5 Å². The van der Waals surface area contributed by atoms with Gasteiger partial charge in [0.2, 0.25) is 0 Å². The summed E-state index contributed by atoms with van der Waals surface area (Å²) >= 11 is 0. The van der Waals surface area contributed by atoms with Crippen molar-refractivity contribution in [3.63, 3.8) is 0 Å². The summed E-state index contributed by atoms with van der Waals surface area (Å²) in [6.45, 7) is 0.739. The molecule has 6 nitrogen and oxygen atoms in total. The van der Waals surface area contributed by atoms with Crippen molar-refractivity contribution in [2.24, 2.45) is 0 Å². The standard InChI is InChI=1S/C17H19NO5S/c1-22-15-7-3-13(4-8-15)11-18-12-17(19)14-5-9-16(10-6-14)23-24(2,20)21/h3-10,18H,11-12H2,1-2H3. The Kier molecular flexibility index (Phi) is 5.94. The zero-order valence-electron chi connectivity index (χ0n) is 13.5. The second-order valence-electron chi connectivity index (χ2n) is 5.19. The maximum atomic E-state index is 12.1. The summed E-state index contributed by atoms with van der Waals surface area (Å²) in [6, 6.07) is 13.6. The zero-order valence-corrected chi connectivity index (χ0v) is 14.3. The number of ether oxygens (including phenoxy) is 1. The predicted molar refractivity (Wildman–Crippen MR) is 90.9 cm³/mol. The number of benzene rings is 2. The lowest BCUT2D eigenvalue weighted by Crippen LogP contribution is -2.22. The topological polar surface area (TPSA) is 81.7 Å². The molecule has 7 heteroatoms. The molecule has 128 valence electrons. The maximum Gasteiger partial charge on any atom is 0.306 e. The molecule has 0 aliphatic rings. The molecule has 2 aromatic carbocycles. The lowest BCUT2D eigenvalue weighted by atomic mass is 10.1. The molecular formula is C17H19NO5S. The van der Waals surface area contributed by atoms with Gasteiger partial charge in [-0.15, -0.1) is 0 Å². The van der Waals surface area contributed by atoms with E-state index in [0.29, 0.717) is 12.1 Å². The van der Waals surface area contributed by atoms with Crippen molar-refractivity contribution in [2.45, 2.75) is 6.54 Å². The quantitative estimate of drug-likeness (QED) is 0.580. The van der Waals surface area contributed by atoms with Crippen molar-refractivity contribution in [1.82, 2.24) is 5.32 Å². The van der Waals surface area contributed by atoms with Gasteiger partial charge in [0, 0.05) is 12.1 Å². The Morgan fingerprint density at radius 2 is 1.58 bits per heavy atom. The maximum absolute atomic E-state index is 12.1. The molecule has 0 unspecified atom stereocenters. The summed E-state index contributed by atoms with van der Waals surface area (Å²) in [5.41, 5.74) is 1.53. The third-order valence-corrected chi connectivity index (χ3v) is 3.69. The predicted octanol–water partition coefficient (Wildman–Crippen LogP) is 2.01. The van der Waals surface area contributed by atoms with Crippen LogP contribution in [0, 0.1) is 0 Å². The summed E-state index contributed by atoms with van der Waals surface area (Å²) in [5, 5.41) is 3.07. The van der Waals surface area contributed by atoms with Gasteiger partial charge in [0.05, 0.1) is 19.9 Å². The fourth-order valence-electron chi connectivity index (χ4n) is 2.04. The molecule has 0 aromatic heterocycles. The van der Waals surface area contributed by atoms with Crippen molar-refractivity contribution >= 4 is 15.9 Å². The van der Waals surface area contributed by atoms with Gasteiger partial charge >= 0.3 is 10.1 Å². The Morgan fingerprint density at radius 1 is 1.00 bits per heavy atom. The van der Waals surface area contributed by atoms with Crippen molar-refractivity contribution in [3.05, 3.63) is 59.7 Å². The summed E-state index contributed by atoms with van der Waals surface area (Å²) in [4.78, 5) is 12.1. The fraction of sp³-hybridized carbons (Fsp3) is 0.235. The van der Waals surface area contributed by atoms with Crippen molar-refractivity contribution in [2.75, 3.05) is 19.9 Å². The molecule has 0 bridgehead atoms. The molecule has 0 spiro atoms. The lowest BCUT2D eigenvalue weighted by molar-refractivity contribution is 0.0991. The number of ketones is 1. The van der Waals surface area contributed by atoms with Crippen molar-refractivity contribution in [1.29, 1.82) is 0 Å². The van der Waals surface area contributed by atoms with Crippen LogP contribution in [0.2, 0.25) is 0 Å². The highest BCUT2D eigenvalue weighted by Gasteiger charge is 2.08. The van der Waals surface area contributed by atoms with Crippen LogP contribution in [0.25, 0.3) is 0 Å². The fourth-order valence-corrected chi connectivity index (χ4v) is 2.50. The molecule has 0 radical (unpaired) electrons. The number of hydrogen-bond donors (Lipinski definition) is 1. The molecule has 0 aliphatic heterocycles. The van der Waals surface area contributed by atoms with Gasteiger partial charge in [0.15, 0.2) is 5.78 Å². The van der Waals surface area contributed by atoms with Gasteiger partial charge in [-0.1, -0.05) is 12.1 Å². The molecule has 0 heterocycles. The SMILES string of the molecule is COc1ccc(CNCC(=O)c2ccc(OS(C)(=O)=O)cc2)cc1. The average molecular weight is 349 g/mol. The summed E-state index contributed by atoms with van der Waals surface area (Å²) in [6.07, 6.45) is 0.967. The number of carbonyl (C=O) groups is 1. The largest absolute Gasteiger partial charge is 0.497 e. The molecule has 0 saturated carbocycles. The van der Waals surface area contributed by atoms with Crippen LogP contribution in [0.3, 0.4) is 0 Å². The molecular weight excluding hydrogens is 330 g/mol. The number of Topliss-reactive ketones (excluding diaryl/α,β-unsaturated/α-hetero) is 1. The Bertz CT molecular complexity index is 783. The third-order valence-electron chi connectivity index (χ3n) is 3.20. The summed E-state index contributed by atoms with van der Waals surface area (Å²) < 4.78 is 31.9. The minimum absolute atomic E-state index is 0.0885. The monoisotopic (exact) mass is 349 g/mol. The molecule has 0 aliphatic carbocycles. The van der Waals surface area contributed by atoms with Gasteiger partial charge in [0.25, 0.3) is 0 Å². The molecule has 2 rings (SSSR count). The second-order valence-corrected chi connectivity index (χ2v) is 6.76. The van der Waals surface area contributed by atoms with Crippen LogP contribution in [0.15, 0.2) is 48.5 Å².